The smallest absolute Gasteiger partial charge is 0.241 e. The molecule has 1 heterocycles. The van der Waals surface area contributed by atoms with Gasteiger partial charge in [0.05, 0.1) is 0 Å². The summed E-state index contributed by atoms with van der Waals surface area (Å²) in [7, 11) is 0. The maximum Gasteiger partial charge on any atom is 0.241 e. The number of halogens is 1. The first-order chi connectivity index (χ1) is 6.99. The predicted molar refractivity (Wildman–Crippen MR) is 57.7 cm³/mol. The summed E-state index contributed by atoms with van der Waals surface area (Å²) < 4.78 is 10.6. The number of hydrogen-bond acceptors (Lipinski definition) is 4. The number of rotatable bonds is 4. The molecule has 0 aliphatic heterocycles. The van der Waals surface area contributed by atoms with Gasteiger partial charge in [0.15, 0.2) is 0 Å². The molecule has 86 valence electrons. The quantitative estimate of drug-likeness (QED) is 0.749. The van der Waals surface area contributed by atoms with Crippen LogP contribution in [0.25, 0.3) is 0 Å². The van der Waals surface area contributed by atoms with Gasteiger partial charge in [-0.1, -0.05) is 25.9 Å². The van der Waals surface area contributed by atoms with E-state index in [4.69, 9.17) is 20.9 Å². The second-order valence-electron chi connectivity index (χ2n) is 4.38. The summed E-state index contributed by atoms with van der Waals surface area (Å²) in [6.07, 6.45) is -0.164. The maximum atomic E-state index is 5.62. The van der Waals surface area contributed by atoms with Gasteiger partial charge in [-0.15, -0.1) is 11.6 Å². The molecular weight excluding hydrogens is 216 g/mol. The van der Waals surface area contributed by atoms with Crippen LogP contribution >= 0.6 is 11.6 Å². The molecule has 1 unspecified atom stereocenters. The van der Waals surface area contributed by atoms with Crippen LogP contribution in [-0.4, -0.2) is 16.7 Å². The summed E-state index contributed by atoms with van der Waals surface area (Å²) in [5.74, 6) is 1.23. The zero-order chi connectivity index (χ0) is 11.5. The average Bonchev–Trinajstić information content (AvgIpc) is 2.60. The Hall–Kier alpha value is -0.610. The summed E-state index contributed by atoms with van der Waals surface area (Å²) in [4.78, 5) is 4.18. The normalized spacial score (nSPS) is 14.2. The van der Waals surface area contributed by atoms with Gasteiger partial charge in [0.1, 0.15) is 12.0 Å². The van der Waals surface area contributed by atoms with Gasteiger partial charge >= 0.3 is 0 Å². The van der Waals surface area contributed by atoms with E-state index in [1.807, 2.05) is 6.92 Å². The van der Waals surface area contributed by atoms with Crippen molar-refractivity contribution in [3.8, 4) is 0 Å². The van der Waals surface area contributed by atoms with E-state index in [0.717, 1.165) is 0 Å². The molecule has 0 aromatic carbocycles. The first-order valence-corrected chi connectivity index (χ1v) is 5.52. The molecule has 1 rings (SSSR count). The molecule has 1 aromatic rings. The molecule has 0 spiro atoms. The Labute approximate surface area is 95.0 Å². The van der Waals surface area contributed by atoms with Gasteiger partial charge in [0.25, 0.3) is 0 Å². The van der Waals surface area contributed by atoms with Gasteiger partial charge in [0, 0.05) is 6.61 Å². The maximum absolute atomic E-state index is 5.62. The molecule has 0 amide bonds. The van der Waals surface area contributed by atoms with Gasteiger partial charge in [-0.3, -0.25) is 0 Å². The van der Waals surface area contributed by atoms with Gasteiger partial charge in [-0.25, -0.2) is 0 Å². The van der Waals surface area contributed by atoms with Crippen LogP contribution in [-0.2, 0) is 10.6 Å². The number of nitrogens with zero attached hydrogens (tertiary/aromatic N) is 2. The zero-order valence-electron chi connectivity index (χ0n) is 9.58. The zero-order valence-corrected chi connectivity index (χ0v) is 10.3. The van der Waals surface area contributed by atoms with Crippen molar-refractivity contribution in [2.75, 3.05) is 6.61 Å². The Morgan fingerprint density at radius 3 is 2.53 bits per heavy atom. The van der Waals surface area contributed by atoms with Crippen molar-refractivity contribution in [1.29, 1.82) is 0 Å². The Morgan fingerprint density at radius 2 is 2.13 bits per heavy atom. The monoisotopic (exact) mass is 232 g/mol. The highest BCUT2D eigenvalue weighted by Crippen LogP contribution is 2.34. The van der Waals surface area contributed by atoms with E-state index in [9.17, 15) is 0 Å². The van der Waals surface area contributed by atoms with Crippen molar-refractivity contribution < 1.29 is 9.26 Å². The molecule has 0 radical (unpaired) electrons. The highest BCUT2D eigenvalue weighted by atomic mass is 35.5. The van der Waals surface area contributed by atoms with E-state index in [1.54, 1.807) is 0 Å². The van der Waals surface area contributed by atoms with E-state index < -0.39 is 0 Å². The molecular formula is C10H17ClN2O2. The Balaban J connectivity index is 2.88. The van der Waals surface area contributed by atoms with Crippen LogP contribution in [0.15, 0.2) is 4.52 Å². The molecule has 0 bridgehead atoms. The summed E-state index contributed by atoms with van der Waals surface area (Å²) in [5.41, 5.74) is -0.0660. The summed E-state index contributed by atoms with van der Waals surface area (Å²) >= 11 is 5.60. The minimum Gasteiger partial charge on any atom is -0.370 e. The van der Waals surface area contributed by atoms with E-state index in [0.29, 0.717) is 18.3 Å². The van der Waals surface area contributed by atoms with Gasteiger partial charge in [-0.2, -0.15) is 4.98 Å². The standard InChI is InChI=1S/C10H17ClN2O2/c1-5-14-8(10(2,3)4)9-12-7(6-11)15-13-9/h8H,5-6H2,1-4H3. The molecule has 15 heavy (non-hydrogen) atoms. The lowest BCUT2D eigenvalue weighted by atomic mass is 9.88. The van der Waals surface area contributed by atoms with Crippen LogP contribution in [0, 0.1) is 5.41 Å². The lowest BCUT2D eigenvalue weighted by Gasteiger charge is -2.27. The fourth-order valence-corrected chi connectivity index (χ4v) is 1.42. The highest BCUT2D eigenvalue weighted by Gasteiger charge is 2.31. The van der Waals surface area contributed by atoms with Crippen molar-refractivity contribution in [2.24, 2.45) is 5.41 Å². The lowest BCUT2D eigenvalue weighted by molar-refractivity contribution is -0.0203. The summed E-state index contributed by atoms with van der Waals surface area (Å²) in [6, 6.07) is 0. The Kier molecular flexibility index (Phi) is 4.11. The molecule has 1 atom stereocenters. The topological polar surface area (TPSA) is 48.2 Å². The van der Waals surface area contributed by atoms with Gasteiger partial charge in [-0.05, 0) is 12.3 Å². The van der Waals surface area contributed by atoms with Crippen LogP contribution in [0.4, 0.5) is 0 Å². The minimum absolute atomic E-state index is 0.0660. The highest BCUT2D eigenvalue weighted by molar-refractivity contribution is 6.16. The predicted octanol–water partition coefficient (Wildman–Crippen LogP) is 2.93. The third-order valence-electron chi connectivity index (χ3n) is 1.95. The van der Waals surface area contributed by atoms with Gasteiger partial charge < -0.3 is 9.26 Å². The largest absolute Gasteiger partial charge is 0.370 e. The van der Waals surface area contributed by atoms with Crippen LogP contribution < -0.4 is 0 Å². The number of ether oxygens (including phenoxy) is 1. The molecule has 0 saturated carbocycles. The van der Waals surface area contributed by atoms with Crippen molar-refractivity contribution in [2.45, 2.75) is 39.7 Å². The third kappa shape index (κ3) is 3.18. The van der Waals surface area contributed by atoms with Crippen molar-refractivity contribution >= 4 is 11.6 Å². The third-order valence-corrected chi connectivity index (χ3v) is 2.18. The van der Waals surface area contributed by atoms with Crippen molar-refractivity contribution in [1.82, 2.24) is 10.1 Å². The fourth-order valence-electron chi connectivity index (χ4n) is 1.31. The van der Waals surface area contributed by atoms with Crippen LogP contribution in [0.1, 0.15) is 45.5 Å². The number of aromatic nitrogens is 2. The second kappa shape index (κ2) is 4.94. The van der Waals surface area contributed by atoms with Crippen LogP contribution in [0.2, 0.25) is 0 Å². The fraction of sp³-hybridized carbons (Fsp3) is 0.800. The SMILES string of the molecule is CCOC(c1noc(CCl)n1)C(C)(C)C. The van der Waals surface area contributed by atoms with Crippen LogP contribution in [0.3, 0.4) is 0 Å². The number of alkyl halides is 1. The Morgan fingerprint density at radius 1 is 1.47 bits per heavy atom. The van der Waals surface area contributed by atoms with E-state index in [-0.39, 0.29) is 17.4 Å². The second-order valence-corrected chi connectivity index (χ2v) is 4.65. The van der Waals surface area contributed by atoms with Crippen molar-refractivity contribution in [3.05, 3.63) is 11.7 Å². The van der Waals surface area contributed by atoms with Crippen LogP contribution in [0.5, 0.6) is 0 Å². The summed E-state index contributed by atoms with van der Waals surface area (Å²) in [6.45, 7) is 8.78. The molecule has 5 heteroatoms. The van der Waals surface area contributed by atoms with E-state index >= 15 is 0 Å². The molecule has 0 aliphatic rings. The lowest BCUT2D eigenvalue weighted by Crippen LogP contribution is -2.22. The molecule has 0 saturated heterocycles. The minimum atomic E-state index is -0.164. The van der Waals surface area contributed by atoms with Gasteiger partial charge in [0.2, 0.25) is 11.7 Å². The van der Waals surface area contributed by atoms with Crippen molar-refractivity contribution in [3.63, 3.8) is 0 Å². The van der Waals surface area contributed by atoms with E-state index in [1.165, 1.54) is 0 Å². The molecule has 0 fully saturated rings. The first-order valence-electron chi connectivity index (χ1n) is 4.99. The number of hydrogen-bond donors (Lipinski definition) is 0. The molecule has 1 aromatic heterocycles. The first kappa shape index (κ1) is 12.5. The average molecular weight is 233 g/mol. The Bertz CT molecular complexity index is 307. The molecule has 4 nitrogen and oxygen atoms in total. The molecule has 0 N–H and O–H groups in total. The summed E-state index contributed by atoms with van der Waals surface area (Å²) in [5, 5.41) is 3.88. The molecule has 0 aliphatic carbocycles. The van der Waals surface area contributed by atoms with E-state index in [2.05, 4.69) is 30.9 Å².